The van der Waals surface area contributed by atoms with Crippen LogP contribution in [0.25, 0.3) is 0 Å². The Morgan fingerprint density at radius 2 is 2.15 bits per heavy atom. The Morgan fingerprint density at radius 1 is 1.46 bits per heavy atom. The molecule has 1 atom stereocenters. The van der Waals surface area contributed by atoms with Gasteiger partial charge in [-0.25, -0.2) is 0 Å². The molecule has 0 bridgehead atoms. The molecule has 0 saturated heterocycles. The van der Waals surface area contributed by atoms with Gasteiger partial charge in [0.1, 0.15) is 0 Å². The van der Waals surface area contributed by atoms with Crippen molar-refractivity contribution in [2.24, 2.45) is 5.84 Å². The highest BCUT2D eigenvalue weighted by atomic mass is 79.9. The van der Waals surface area contributed by atoms with Gasteiger partial charge in [-0.15, -0.1) is 0 Å². The Hall–Kier alpha value is 0.1000. The van der Waals surface area contributed by atoms with Crippen LogP contribution >= 0.6 is 31.9 Å². The van der Waals surface area contributed by atoms with Gasteiger partial charge in [0.05, 0.1) is 0 Å². The average Bonchev–Trinajstić information content (AvgIpc) is 2.10. The van der Waals surface area contributed by atoms with E-state index in [1.807, 2.05) is 12.1 Å². The summed E-state index contributed by atoms with van der Waals surface area (Å²) in [5.74, 6) is 5.44. The van der Waals surface area contributed by atoms with Gasteiger partial charge in [-0.05, 0) is 24.1 Å². The van der Waals surface area contributed by atoms with E-state index < -0.39 is 0 Å². The fourth-order valence-electron chi connectivity index (χ4n) is 1.21. The predicted octanol–water partition coefficient (Wildman–Crippen LogP) is 3.13. The first-order valence-electron chi connectivity index (χ1n) is 4.10. The third kappa shape index (κ3) is 2.77. The lowest BCUT2D eigenvalue weighted by Crippen LogP contribution is -2.27. The Kier molecular flexibility index (Phi) is 4.38. The van der Waals surface area contributed by atoms with Gasteiger partial charge in [0.15, 0.2) is 0 Å². The second kappa shape index (κ2) is 5.10. The summed E-state index contributed by atoms with van der Waals surface area (Å²) in [5, 5.41) is 0. The van der Waals surface area contributed by atoms with E-state index in [4.69, 9.17) is 5.84 Å². The van der Waals surface area contributed by atoms with E-state index >= 15 is 0 Å². The van der Waals surface area contributed by atoms with Gasteiger partial charge in [-0.1, -0.05) is 44.8 Å². The van der Waals surface area contributed by atoms with Crippen molar-refractivity contribution in [2.45, 2.75) is 19.4 Å². The highest BCUT2D eigenvalue weighted by molar-refractivity contribution is 9.11. The fourth-order valence-corrected chi connectivity index (χ4v) is 2.54. The molecule has 1 rings (SSSR count). The lowest BCUT2D eigenvalue weighted by atomic mass is 10.1. The minimum atomic E-state index is 0.211. The zero-order valence-electron chi connectivity index (χ0n) is 7.35. The molecule has 0 saturated carbocycles. The van der Waals surface area contributed by atoms with Gasteiger partial charge in [-0.2, -0.15) is 0 Å². The molecular formula is C9H12Br2N2. The third-order valence-electron chi connectivity index (χ3n) is 1.95. The van der Waals surface area contributed by atoms with Crippen LogP contribution in [0.4, 0.5) is 0 Å². The summed E-state index contributed by atoms with van der Waals surface area (Å²) in [4.78, 5) is 0. The van der Waals surface area contributed by atoms with Gasteiger partial charge < -0.3 is 0 Å². The minimum Gasteiger partial charge on any atom is -0.271 e. The van der Waals surface area contributed by atoms with Crippen molar-refractivity contribution < 1.29 is 0 Å². The van der Waals surface area contributed by atoms with Crippen LogP contribution in [0, 0.1) is 0 Å². The lowest BCUT2D eigenvalue weighted by molar-refractivity contribution is 0.537. The van der Waals surface area contributed by atoms with E-state index in [1.165, 1.54) is 5.56 Å². The maximum atomic E-state index is 5.44. The molecule has 1 unspecified atom stereocenters. The van der Waals surface area contributed by atoms with Crippen LogP contribution < -0.4 is 11.3 Å². The number of halogens is 2. The highest BCUT2D eigenvalue weighted by Gasteiger charge is 2.10. The summed E-state index contributed by atoms with van der Waals surface area (Å²) < 4.78 is 2.14. The largest absolute Gasteiger partial charge is 0.271 e. The molecule has 0 spiro atoms. The van der Waals surface area contributed by atoms with E-state index in [2.05, 4.69) is 50.3 Å². The Labute approximate surface area is 95.1 Å². The average molecular weight is 308 g/mol. The molecule has 0 aromatic heterocycles. The van der Waals surface area contributed by atoms with Crippen molar-refractivity contribution in [3.63, 3.8) is 0 Å². The molecule has 0 fully saturated rings. The Balaban J connectivity index is 2.99. The molecule has 0 radical (unpaired) electrons. The van der Waals surface area contributed by atoms with Crippen LogP contribution in [0.3, 0.4) is 0 Å². The molecule has 4 heteroatoms. The standard InChI is InChI=1S/C9H12Br2N2/c1-2-9(13-12)7-4-3-6(10)5-8(7)11/h3-5,9,13H,2,12H2,1H3. The Morgan fingerprint density at radius 3 is 2.62 bits per heavy atom. The first-order valence-corrected chi connectivity index (χ1v) is 5.68. The molecule has 3 N–H and O–H groups in total. The zero-order valence-corrected chi connectivity index (χ0v) is 10.5. The van der Waals surface area contributed by atoms with Crippen molar-refractivity contribution >= 4 is 31.9 Å². The summed E-state index contributed by atoms with van der Waals surface area (Å²) in [7, 11) is 0. The predicted molar refractivity (Wildman–Crippen MR) is 62.2 cm³/mol. The van der Waals surface area contributed by atoms with Crippen LogP contribution in [0.2, 0.25) is 0 Å². The molecule has 72 valence electrons. The van der Waals surface area contributed by atoms with Crippen LogP contribution in [0.15, 0.2) is 27.1 Å². The fraction of sp³-hybridized carbons (Fsp3) is 0.333. The van der Waals surface area contributed by atoms with Crippen LogP contribution in [0.5, 0.6) is 0 Å². The molecule has 0 aliphatic carbocycles. The maximum Gasteiger partial charge on any atom is 0.0468 e. The molecule has 1 aromatic rings. The van der Waals surface area contributed by atoms with Gasteiger partial charge >= 0.3 is 0 Å². The summed E-state index contributed by atoms with van der Waals surface area (Å²) in [5.41, 5.74) is 3.97. The number of hydrazine groups is 1. The molecule has 0 aliphatic rings. The van der Waals surface area contributed by atoms with Crippen molar-refractivity contribution in [2.75, 3.05) is 0 Å². The monoisotopic (exact) mass is 306 g/mol. The normalized spacial score (nSPS) is 12.9. The minimum absolute atomic E-state index is 0.211. The zero-order chi connectivity index (χ0) is 9.84. The Bertz CT molecular complexity index is 285. The molecule has 2 nitrogen and oxygen atoms in total. The van der Waals surface area contributed by atoms with Gasteiger partial charge in [0.2, 0.25) is 0 Å². The van der Waals surface area contributed by atoms with E-state index in [0.29, 0.717) is 0 Å². The van der Waals surface area contributed by atoms with Crippen LogP contribution in [-0.2, 0) is 0 Å². The third-order valence-corrected chi connectivity index (χ3v) is 3.13. The van der Waals surface area contributed by atoms with E-state index in [-0.39, 0.29) is 6.04 Å². The molecule has 0 aliphatic heterocycles. The van der Waals surface area contributed by atoms with Gasteiger partial charge in [0, 0.05) is 15.0 Å². The van der Waals surface area contributed by atoms with Crippen LogP contribution in [0.1, 0.15) is 24.9 Å². The number of nitrogens with one attached hydrogen (secondary N) is 1. The number of benzene rings is 1. The first kappa shape index (κ1) is 11.2. The molecule has 1 aromatic carbocycles. The number of rotatable bonds is 3. The van der Waals surface area contributed by atoms with Gasteiger partial charge in [-0.3, -0.25) is 11.3 Å². The summed E-state index contributed by atoms with van der Waals surface area (Å²) >= 11 is 6.91. The van der Waals surface area contributed by atoms with Crippen molar-refractivity contribution in [3.8, 4) is 0 Å². The molecule has 0 amide bonds. The number of hydrogen-bond acceptors (Lipinski definition) is 2. The molecular weight excluding hydrogens is 296 g/mol. The summed E-state index contributed by atoms with van der Waals surface area (Å²) in [6, 6.07) is 6.31. The van der Waals surface area contributed by atoms with Crippen LogP contribution in [-0.4, -0.2) is 0 Å². The second-order valence-electron chi connectivity index (χ2n) is 2.79. The first-order chi connectivity index (χ1) is 6.19. The van der Waals surface area contributed by atoms with E-state index in [1.54, 1.807) is 0 Å². The van der Waals surface area contributed by atoms with Crippen molar-refractivity contribution in [1.29, 1.82) is 0 Å². The molecule has 13 heavy (non-hydrogen) atoms. The maximum absolute atomic E-state index is 5.44. The van der Waals surface area contributed by atoms with Gasteiger partial charge in [0.25, 0.3) is 0 Å². The molecule has 0 heterocycles. The SMILES string of the molecule is CCC(NN)c1ccc(Br)cc1Br. The highest BCUT2D eigenvalue weighted by Crippen LogP contribution is 2.27. The van der Waals surface area contributed by atoms with Crippen molar-refractivity contribution in [3.05, 3.63) is 32.7 Å². The summed E-state index contributed by atoms with van der Waals surface area (Å²) in [6.07, 6.45) is 0.969. The summed E-state index contributed by atoms with van der Waals surface area (Å²) in [6.45, 7) is 2.10. The lowest BCUT2D eigenvalue weighted by Gasteiger charge is -2.15. The van der Waals surface area contributed by atoms with E-state index in [0.717, 1.165) is 15.4 Å². The van der Waals surface area contributed by atoms with Crippen molar-refractivity contribution in [1.82, 2.24) is 5.43 Å². The van der Waals surface area contributed by atoms with E-state index in [9.17, 15) is 0 Å². The topological polar surface area (TPSA) is 38.0 Å². The second-order valence-corrected chi connectivity index (χ2v) is 4.56. The number of nitrogens with two attached hydrogens (primary N) is 1. The quantitative estimate of drug-likeness (QED) is 0.665. The smallest absolute Gasteiger partial charge is 0.0468 e. The number of hydrogen-bond donors (Lipinski definition) is 2.